The molecule has 1 aliphatic heterocycles. The maximum Gasteiger partial charge on any atom is 0.0234 e. The number of hydrogen-bond acceptors (Lipinski definition) is 2. The molecule has 0 amide bonds. The summed E-state index contributed by atoms with van der Waals surface area (Å²) in [7, 11) is 2.23. The molecule has 1 unspecified atom stereocenters. The highest BCUT2D eigenvalue weighted by Gasteiger charge is 2.17. The molecule has 0 aliphatic carbocycles. The largest absolute Gasteiger partial charge is 0.315 e. The Morgan fingerprint density at radius 1 is 1.47 bits per heavy atom. The van der Waals surface area contributed by atoms with Crippen molar-refractivity contribution in [3.8, 4) is 0 Å². The van der Waals surface area contributed by atoms with Gasteiger partial charge in [0.25, 0.3) is 0 Å². The lowest BCUT2D eigenvalue weighted by Gasteiger charge is -2.31. The summed E-state index contributed by atoms with van der Waals surface area (Å²) in [6, 6.07) is 7.34. The van der Waals surface area contributed by atoms with Crippen molar-refractivity contribution in [3.63, 3.8) is 0 Å². The molecule has 0 bridgehead atoms. The van der Waals surface area contributed by atoms with Gasteiger partial charge in [-0.25, -0.2) is 0 Å². The van der Waals surface area contributed by atoms with Crippen molar-refractivity contribution >= 4 is 15.9 Å². The summed E-state index contributed by atoms with van der Waals surface area (Å²) in [6.07, 6.45) is 2.61. The maximum absolute atomic E-state index is 3.60. The molecular weight excluding hydrogens is 276 g/mol. The van der Waals surface area contributed by atoms with E-state index in [1.807, 2.05) is 0 Å². The van der Waals surface area contributed by atoms with E-state index in [9.17, 15) is 0 Å². The predicted molar refractivity (Wildman–Crippen MR) is 76.2 cm³/mol. The smallest absolute Gasteiger partial charge is 0.0234 e. The van der Waals surface area contributed by atoms with E-state index < -0.39 is 0 Å². The van der Waals surface area contributed by atoms with Crippen molar-refractivity contribution in [2.45, 2.75) is 32.4 Å². The molecule has 1 saturated heterocycles. The third kappa shape index (κ3) is 3.54. The van der Waals surface area contributed by atoms with Crippen LogP contribution in [0.4, 0.5) is 0 Å². The molecule has 0 spiro atoms. The average molecular weight is 297 g/mol. The van der Waals surface area contributed by atoms with Crippen LogP contribution in [0.1, 0.15) is 24.0 Å². The second-order valence-electron chi connectivity index (χ2n) is 5.00. The molecule has 1 aromatic carbocycles. The van der Waals surface area contributed by atoms with Gasteiger partial charge in [-0.3, -0.25) is 4.90 Å². The van der Waals surface area contributed by atoms with E-state index in [2.05, 4.69) is 58.3 Å². The lowest BCUT2D eigenvalue weighted by Crippen LogP contribution is -2.43. The quantitative estimate of drug-likeness (QED) is 0.923. The molecule has 17 heavy (non-hydrogen) atoms. The highest BCUT2D eigenvalue weighted by Crippen LogP contribution is 2.19. The van der Waals surface area contributed by atoms with E-state index in [1.54, 1.807) is 0 Å². The van der Waals surface area contributed by atoms with Gasteiger partial charge < -0.3 is 5.32 Å². The summed E-state index contributed by atoms with van der Waals surface area (Å²) >= 11 is 3.60. The first-order valence-electron chi connectivity index (χ1n) is 6.33. The molecule has 0 radical (unpaired) electrons. The summed E-state index contributed by atoms with van der Waals surface area (Å²) in [5, 5.41) is 3.47. The van der Waals surface area contributed by atoms with Gasteiger partial charge in [-0.1, -0.05) is 28.1 Å². The van der Waals surface area contributed by atoms with Gasteiger partial charge in [-0.15, -0.1) is 0 Å². The minimum Gasteiger partial charge on any atom is -0.315 e. The lowest BCUT2D eigenvalue weighted by atomic mass is 10.1. The molecule has 1 aromatic rings. The molecule has 2 rings (SSSR count). The average Bonchev–Trinajstić information content (AvgIpc) is 2.35. The van der Waals surface area contributed by atoms with Gasteiger partial charge in [0.2, 0.25) is 0 Å². The summed E-state index contributed by atoms with van der Waals surface area (Å²) in [5.74, 6) is 0. The predicted octanol–water partition coefficient (Wildman–Crippen LogP) is 2.94. The van der Waals surface area contributed by atoms with Crippen molar-refractivity contribution in [2.75, 3.05) is 20.1 Å². The Bertz CT molecular complexity index is 372. The topological polar surface area (TPSA) is 15.3 Å². The van der Waals surface area contributed by atoms with Crippen LogP contribution in [0.15, 0.2) is 22.7 Å². The zero-order chi connectivity index (χ0) is 12.3. The first-order chi connectivity index (χ1) is 8.16. The molecule has 1 fully saturated rings. The minimum atomic E-state index is 0.684. The summed E-state index contributed by atoms with van der Waals surface area (Å²) in [6.45, 7) is 5.47. The molecule has 94 valence electrons. The number of rotatable bonds is 3. The van der Waals surface area contributed by atoms with Gasteiger partial charge in [0.15, 0.2) is 0 Å². The van der Waals surface area contributed by atoms with E-state index in [4.69, 9.17) is 0 Å². The second kappa shape index (κ2) is 5.98. The van der Waals surface area contributed by atoms with E-state index in [0.29, 0.717) is 6.04 Å². The molecule has 1 heterocycles. The van der Waals surface area contributed by atoms with Crippen LogP contribution in [0.3, 0.4) is 0 Å². The SMILES string of the molecule is Cc1ccc(CN(C)C2CCCNC2)cc1Br. The molecular formula is C14H21BrN2. The Balaban J connectivity index is 1.96. The van der Waals surface area contributed by atoms with Crippen molar-refractivity contribution in [3.05, 3.63) is 33.8 Å². The van der Waals surface area contributed by atoms with Gasteiger partial charge in [-0.05, 0) is 50.6 Å². The molecule has 2 nitrogen and oxygen atoms in total. The Labute approximate surface area is 113 Å². The maximum atomic E-state index is 3.60. The molecule has 1 aliphatic rings. The van der Waals surface area contributed by atoms with Crippen LogP contribution >= 0.6 is 15.9 Å². The molecule has 1 N–H and O–H groups in total. The van der Waals surface area contributed by atoms with Crippen LogP contribution in [0.2, 0.25) is 0 Å². The first-order valence-corrected chi connectivity index (χ1v) is 7.12. The Morgan fingerprint density at radius 2 is 2.29 bits per heavy atom. The Morgan fingerprint density at radius 3 is 2.94 bits per heavy atom. The number of nitrogens with zero attached hydrogens (tertiary/aromatic N) is 1. The van der Waals surface area contributed by atoms with Crippen LogP contribution in [-0.2, 0) is 6.54 Å². The van der Waals surface area contributed by atoms with Crippen LogP contribution in [0, 0.1) is 6.92 Å². The van der Waals surface area contributed by atoms with E-state index in [0.717, 1.165) is 13.1 Å². The van der Waals surface area contributed by atoms with Crippen molar-refractivity contribution in [2.24, 2.45) is 0 Å². The molecule has 3 heteroatoms. The van der Waals surface area contributed by atoms with Gasteiger partial charge in [0, 0.05) is 23.6 Å². The number of piperidine rings is 1. The van der Waals surface area contributed by atoms with Gasteiger partial charge in [-0.2, -0.15) is 0 Å². The Hall–Kier alpha value is -0.380. The van der Waals surface area contributed by atoms with Crippen molar-refractivity contribution in [1.29, 1.82) is 0 Å². The zero-order valence-electron chi connectivity index (χ0n) is 10.7. The fourth-order valence-electron chi connectivity index (χ4n) is 2.36. The van der Waals surface area contributed by atoms with Crippen molar-refractivity contribution in [1.82, 2.24) is 10.2 Å². The Kier molecular flexibility index (Phi) is 4.60. The minimum absolute atomic E-state index is 0.684. The summed E-state index contributed by atoms with van der Waals surface area (Å²) in [4.78, 5) is 2.46. The van der Waals surface area contributed by atoms with E-state index in [-0.39, 0.29) is 0 Å². The zero-order valence-corrected chi connectivity index (χ0v) is 12.3. The highest BCUT2D eigenvalue weighted by atomic mass is 79.9. The lowest BCUT2D eigenvalue weighted by molar-refractivity contribution is 0.196. The number of benzene rings is 1. The third-order valence-corrected chi connectivity index (χ3v) is 4.42. The van der Waals surface area contributed by atoms with E-state index >= 15 is 0 Å². The third-order valence-electron chi connectivity index (χ3n) is 3.56. The van der Waals surface area contributed by atoms with Crippen LogP contribution in [0.5, 0.6) is 0 Å². The first kappa shape index (κ1) is 13.1. The second-order valence-corrected chi connectivity index (χ2v) is 5.85. The van der Waals surface area contributed by atoms with Gasteiger partial charge >= 0.3 is 0 Å². The fourth-order valence-corrected chi connectivity index (χ4v) is 2.79. The van der Waals surface area contributed by atoms with Gasteiger partial charge in [0.05, 0.1) is 0 Å². The highest BCUT2D eigenvalue weighted by molar-refractivity contribution is 9.10. The van der Waals surface area contributed by atoms with Crippen LogP contribution in [0.25, 0.3) is 0 Å². The summed E-state index contributed by atoms with van der Waals surface area (Å²) in [5.41, 5.74) is 2.69. The number of hydrogen-bond donors (Lipinski definition) is 1. The van der Waals surface area contributed by atoms with Crippen molar-refractivity contribution < 1.29 is 0 Å². The fraction of sp³-hybridized carbons (Fsp3) is 0.571. The standard InChI is InChI=1S/C14H21BrN2/c1-11-5-6-12(8-14(11)15)10-17(2)13-4-3-7-16-9-13/h5-6,8,13,16H,3-4,7,9-10H2,1-2H3. The summed E-state index contributed by atoms with van der Waals surface area (Å²) < 4.78 is 1.21. The number of likely N-dealkylation sites (N-methyl/N-ethyl adjacent to an activating group) is 1. The number of aryl methyl sites for hydroxylation is 1. The number of halogens is 1. The molecule has 0 saturated carbocycles. The molecule has 1 atom stereocenters. The normalized spacial score (nSPS) is 20.8. The number of nitrogens with one attached hydrogen (secondary N) is 1. The van der Waals surface area contributed by atoms with E-state index in [1.165, 1.54) is 35.0 Å². The van der Waals surface area contributed by atoms with Crippen LogP contribution in [-0.4, -0.2) is 31.1 Å². The molecule has 0 aromatic heterocycles. The van der Waals surface area contributed by atoms with Gasteiger partial charge in [0.1, 0.15) is 0 Å². The monoisotopic (exact) mass is 296 g/mol. The van der Waals surface area contributed by atoms with Crippen LogP contribution < -0.4 is 5.32 Å².